The minimum absolute atomic E-state index is 0.00985. The van der Waals surface area contributed by atoms with E-state index in [1.165, 1.54) is 132 Å². The van der Waals surface area contributed by atoms with Crippen molar-refractivity contribution in [3.05, 3.63) is 134 Å². The summed E-state index contributed by atoms with van der Waals surface area (Å²) in [5.41, 5.74) is 25.7. The van der Waals surface area contributed by atoms with Gasteiger partial charge < -0.3 is 9.80 Å². The second-order valence-corrected chi connectivity index (χ2v) is 30.2. The maximum absolute atomic E-state index is 2.87. The normalized spacial score (nSPS) is 20.6. The van der Waals surface area contributed by atoms with Crippen molar-refractivity contribution in [2.24, 2.45) is 0 Å². The van der Waals surface area contributed by atoms with Crippen LogP contribution in [-0.2, 0) is 43.3 Å². The highest BCUT2D eigenvalue weighted by Gasteiger charge is 2.52. The van der Waals surface area contributed by atoms with Gasteiger partial charge >= 0.3 is 0 Å². The molecule has 0 amide bonds. The average Bonchev–Trinajstić information content (AvgIpc) is 3.70. The number of hydrogen-bond donors (Lipinski definition) is 0. The zero-order valence-electron chi connectivity index (χ0n) is 47.2. The average molecular weight is 959 g/mol. The van der Waals surface area contributed by atoms with Gasteiger partial charge in [-0.2, -0.15) is 11.3 Å². The fourth-order valence-corrected chi connectivity index (χ4v) is 15.5. The van der Waals surface area contributed by atoms with E-state index in [9.17, 15) is 0 Å². The molecule has 6 aromatic rings. The zero-order valence-corrected chi connectivity index (χ0v) is 48.0. The zero-order chi connectivity index (χ0) is 51.1. The van der Waals surface area contributed by atoms with Crippen LogP contribution in [0.5, 0.6) is 0 Å². The first-order valence-electron chi connectivity index (χ1n) is 27.3. The Morgan fingerprint density at radius 1 is 0.465 bits per heavy atom. The number of thiophene rings is 1. The third kappa shape index (κ3) is 7.42. The largest absolute Gasteiger partial charge is 0.311 e. The number of fused-ring (bicyclic) bond motifs is 8. The quantitative estimate of drug-likeness (QED) is 0.163. The van der Waals surface area contributed by atoms with Crippen molar-refractivity contribution in [2.45, 2.75) is 213 Å². The van der Waals surface area contributed by atoms with E-state index in [0.717, 1.165) is 6.42 Å². The molecule has 3 aliphatic carbocycles. The summed E-state index contributed by atoms with van der Waals surface area (Å²) in [7, 11) is 0. The second-order valence-electron chi connectivity index (χ2n) is 29.1. The molecule has 3 heterocycles. The first-order chi connectivity index (χ1) is 32.8. The van der Waals surface area contributed by atoms with Crippen LogP contribution < -0.4 is 25.5 Å². The van der Waals surface area contributed by atoms with Gasteiger partial charge in [-0.1, -0.05) is 167 Å². The Labute approximate surface area is 434 Å². The number of nitrogens with zero attached hydrogens (tertiary/aromatic N) is 2. The lowest BCUT2D eigenvalue weighted by Gasteiger charge is -2.47. The highest BCUT2D eigenvalue weighted by Crippen LogP contribution is 2.59. The standard InChI is InChI=1S/C67H83BN2S/c1-40-34-53-56-54(35-40)70(52-39-49-48(64(12,13)30-31-65(49,14)15)38-45(52)41-20-26-46-47(36-41)63(10,11)29-28-62(46,8)9)57-55-58(67(18,19)33-32-66(55,16)17)71-59(57)68(56)50-37-43(61(5,6)7)23-27-51(50)69(53)44-24-21-42(22-25-44)60(2,3)4/h20-27,34-39H,28-33H2,1-19H3. The molecule has 0 radical (unpaired) electrons. The molecule has 71 heavy (non-hydrogen) atoms. The molecule has 0 fully saturated rings. The fourth-order valence-electron chi connectivity index (χ4n) is 13.8. The third-order valence-corrected chi connectivity index (χ3v) is 20.5. The highest BCUT2D eigenvalue weighted by atomic mass is 32.1. The van der Waals surface area contributed by atoms with E-state index >= 15 is 0 Å². The fraction of sp³-hybridized carbons (Fsp3) is 0.493. The third-order valence-electron chi connectivity index (χ3n) is 18.9. The molecule has 5 aromatic carbocycles. The summed E-state index contributed by atoms with van der Waals surface area (Å²) in [5, 5.41) is 0. The van der Waals surface area contributed by atoms with E-state index in [2.05, 4.69) is 238 Å². The minimum Gasteiger partial charge on any atom is -0.311 e. The Hall–Kier alpha value is -4.54. The van der Waals surface area contributed by atoms with E-state index in [0.29, 0.717) is 0 Å². The van der Waals surface area contributed by atoms with E-state index in [1.807, 2.05) is 0 Å². The van der Waals surface area contributed by atoms with Gasteiger partial charge in [-0.25, -0.2) is 0 Å². The van der Waals surface area contributed by atoms with Crippen LogP contribution in [0.15, 0.2) is 84.9 Å². The molecule has 5 aliphatic rings. The topological polar surface area (TPSA) is 6.48 Å². The number of anilines is 6. The molecule has 370 valence electrons. The summed E-state index contributed by atoms with van der Waals surface area (Å²) < 4.78 is 1.52. The molecule has 0 spiro atoms. The minimum atomic E-state index is -0.0139. The van der Waals surface area contributed by atoms with Crippen molar-refractivity contribution in [2.75, 3.05) is 9.80 Å². The Kier molecular flexibility index (Phi) is 10.5. The Bertz CT molecular complexity index is 3190. The molecule has 0 atom stereocenters. The van der Waals surface area contributed by atoms with Gasteiger partial charge in [0.05, 0.1) is 11.4 Å². The monoisotopic (exact) mass is 959 g/mol. The molecule has 2 nitrogen and oxygen atoms in total. The number of rotatable bonds is 3. The molecule has 0 saturated heterocycles. The molecule has 1 aromatic heterocycles. The maximum atomic E-state index is 2.87. The van der Waals surface area contributed by atoms with E-state index < -0.39 is 0 Å². The van der Waals surface area contributed by atoms with Crippen LogP contribution in [0.3, 0.4) is 0 Å². The Morgan fingerprint density at radius 3 is 1.56 bits per heavy atom. The summed E-state index contributed by atoms with van der Waals surface area (Å²) in [6.07, 6.45) is 7.11. The Balaban J connectivity index is 1.30. The predicted octanol–water partition coefficient (Wildman–Crippen LogP) is 17.4. The molecular weight excluding hydrogens is 876 g/mol. The summed E-state index contributed by atoms with van der Waals surface area (Å²) in [6, 6.07) is 35.2. The van der Waals surface area contributed by atoms with Crippen LogP contribution in [0.2, 0.25) is 0 Å². The molecule has 11 rings (SSSR count). The SMILES string of the molecule is Cc1cc2c3c(c1)N(c1cc4c(cc1-c1ccc5c(c1)C(C)(C)CCC5(C)C)C(C)(C)CCC4(C)C)c1c(sc4c1C(C)(C)CCC4(C)C)B3c1cc(C(C)(C)C)ccc1N2c1ccc(C(C)(C)C)cc1. The molecule has 0 unspecified atom stereocenters. The molecule has 4 heteroatoms. The number of aryl methyl sites for hydroxylation is 1. The van der Waals surface area contributed by atoms with E-state index in [-0.39, 0.29) is 50.0 Å². The first kappa shape index (κ1) is 48.7. The van der Waals surface area contributed by atoms with Crippen molar-refractivity contribution in [3.8, 4) is 11.1 Å². The van der Waals surface area contributed by atoms with Crippen molar-refractivity contribution in [1.82, 2.24) is 0 Å². The van der Waals surface area contributed by atoms with Crippen molar-refractivity contribution in [1.29, 1.82) is 0 Å². The lowest BCUT2D eigenvalue weighted by Crippen LogP contribution is -2.61. The molecular formula is C67H83BN2S. The predicted molar refractivity (Wildman–Crippen MR) is 312 cm³/mol. The Morgan fingerprint density at radius 2 is 0.972 bits per heavy atom. The van der Waals surface area contributed by atoms with Crippen LogP contribution in [-0.4, -0.2) is 6.71 Å². The second kappa shape index (κ2) is 15.3. The van der Waals surface area contributed by atoms with Crippen LogP contribution in [0.1, 0.15) is 213 Å². The van der Waals surface area contributed by atoms with Gasteiger partial charge in [0, 0.05) is 38.0 Å². The van der Waals surface area contributed by atoms with Gasteiger partial charge in [0.2, 0.25) is 0 Å². The van der Waals surface area contributed by atoms with Gasteiger partial charge in [0.1, 0.15) is 0 Å². The van der Waals surface area contributed by atoms with Gasteiger partial charge in [-0.05, 0) is 192 Å². The number of hydrogen-bond acceptors (Lipinski definition) is 3. The van der Waals surface area contributed by atoms with Crippen LogP contribution in [0.4, 0.5) is 34.1 Å². The van der Waals surface area contributed by atoms with E-state index in [4.69, 9.17) is 0 Å². The van der Waals surface area contributed by atoms with Gasteiger partial charge in [0.15, 0.2) is 0 Å². The molecule has 0 N–H and O–H groups in total. The van der Waals surface area contributed by atoms with Crippen LogP contribution in [0.25, 0.3) is 11.1 Å². The smallest absolute Gasteiger partial charge is 0.264 e. The van der Waals surface area contributed by atoms with E-state index in [1.54, 1.807) is 10.4 Å². The van der Waals surface area contributed by atoms with Gasteiger partial charge in [-0.3, -0.25) is 0 Å². The lowest BCUT2D eigenvalue weighted by molar-refractivity contribution is 0.331. The number of benzene rings is 5. The summed E-state index contributed by atoms with van der Waals surface area (Å²) in [4.78, 5) is 7.09. The van der Waals surface area contributed by atoms with Crippen LogP contribution >= 0.6 is 11.3 Å². The maximum Gasteiger partial charge on any atom is 0.264 e. The molecule has 0 saturated carbocycles. The van der Waals surface area contributed by atoms with Gasteiger partial charge in [0.25, 0.3) is 6.71 Å². The first-order valence-corrected chi connectivity index (χ1v) is 28.2. The lowest BCUT2D eigenvalue weighted by atomic mass is 9.35. The summed E-state index contributed by atoms with van der Waals surface area (Å²) in [5.74, 6) is 0. The summed E-state index contributed by atoms with van der Waals surface area (Å²) in [6.45, 7) is 46.7. The van der Waals surface area contributed by atoms with Crippen molar-refractivity contribution in [3.63, 3.8) is 0 Å². The van der Waals surface area contributed by atoms with Crippen molar-refractivity contribution >= 4 is 67.9 Å². The highest BCUT2D eigenvalue weighted by molar-refractivity contribution is 7.29. The molecule has 2 aliphatic heterocycles. The van der Waals surface area contributed by atoms with Gasteiger partial charge in [-0.15, -0.1) is 0 Å². The summed E-state index contributed by atoms with van der Waals surface area (Å²) >= 11 is 2.16. The molecule has 0 bridgehead atoms. The van der Waals surface area contributed by atoms with Crippen LogP contribution in [0, 0.1) is 6.92 Å². The van der Waals surface area contributed by atoms with Crippen molar-refractivity contribution < 1.29 is 0 Å².